The minimum atomic E-state index is -0.570. The quantitative estimate of drug-likeness (QED) is 0.592. The Bertz CT molecular complexity index is 1090. The Kier molecular flexibility index (Phi) is 4.79. The molecule has 2 heterocycles. The third-order valence-corrected chi connectivity index (χ3v) is 5.72. The number of amides is 3. The molecule has 1 aromatic heterocycles. The number of aryl methyl sites for hydroxylation is 1. The Morgan fingerprint density at radius 2 is 1.86 bits per heavy atom. The molecule has 8 heteroatoms. The van der Waals surface area contributed by atoms with E-state index in [9.17, 15) is 14.4 Å². The van der Waals surface area contributed by atoms with Crippen LogP contribution in [0, 0.1) is 6.92 Å². The molecule has 0 unspecified atom stereocenters. The first-order chi connectivity index (χ1) is 13.5. The van der Waals surface area contributed by atoms with Crippen LogP contribution in [0.5, 0.6) is 0 Å². The molecule has 0 spiro atoms. The van der Waals surface area contributed by atoms with Gasteiger partial charge in [0.1, 0.15) is 5.58 Å². The first kappa shape index (κ1) is 18.1. The average Bonchev–Trinajstić information content (AvgIpc) is 3.04. The van der Waals surface area contributed by atoms with E-state index in [1.54, 1.807) is 13.0 Å². The van der Waals surface area contributed by atoms with Gasteiger partial charge in [-0.3, -0.25) is 25.2 Å². The number of rotatable bonds is 3. The lowest BCUT2D eigenvalue weighted by Crippen LogP contribution is -2.44. The normalized spacial score (nSPS) is 15.6. The molecule has 3 N–H and O–H groups in total. The van der Waals surface area contributed by atoms with Crippen molar-refractivity contribution in [3.8, 4) is 0 Å². The molecule has 1 aliphatic rings. The molecule has 142 valence electrons. The van der Waals surface area contributed by atoms with Crippen LogP contribution in [0.1, 0.15) is 22.5 Å². The number of carbonyl (C=O) groups excluding carboxylic acids is 3. The van der Waals surface area contributed by atoms with E-state index in [0.29, 0.717) is 11.1 Å². The van der Waals surface area contributed by atoms with Crippen molar-refractivity contribution in [1.29, 1.82) is 0 Å². The van der Waals surface area contributed by atoms with Crippen molar-refractivity contribution in [3.05, 3.63) is 59.9 Å². The fourth-order valence-electron chi connectivity index (χ4n) is 3.02. The van der Waals surface area contributed by atoms with E-state index in [2.05, 4.69) is 16.2 Å². The van der Waals surface area contributed by atoms with Crippen LogP contribution in [0.2, 0.25) is 0 Å². The van der Waals surface area contributed by atoms with Gasteiger partial charge in [0, 0.05) is 22.3 Å². The molecule has 1 atom stereocenters. The summed E-state index contributed by atoms with van der Waals surface area (Å²) in [6.07, 6.45) is -0.0653. The van der Waals surface area contributed by atoms with E-state index in [1.165, 1.54) is 11.8 Å². The fourth-order valence-corrected chi connectivity index (χ4v) is 4.13. The van der Waals surface area contributed by atoms with Gasteiger partial charge in [0.2, 0.25) is 11.8 Å². The number of carbonyl (C=O) groups is 3. The first-order valence-electron chi connectivity index (χ1n) is 8.67. The van der Waals surface area contributed by atoms with Crippen LogP contribution in [-0.4, -0.2) is 23.0 Å². The molecule has 7 nitrogen and oxygen atoms in total. The van der Waals surface area contributed by atoms with Crippen molar-refractivity contribution in [1.82, 2.24) is 10.9 Å². The zero-order valence-electron chi connectivity index (χ0n) is 14.9. The molecule has 0 saturated heterocycles. The standard InChI is InChI=1S/C20H17N3O4S/c1-11-12-6-2-4-8-14(12)27-18(11)20(26)23-22-17(24)10-16-19(25)21-13-7-3-5-9-15(13)28-16/h2-9,16H,10H2,1H3,(H,21,25)(H,22,24)(H,23,26)/t16-/m1/s1. The lowest BCUT2D eigenvalue weighted by atomic mass is 10.1. The largest absolute Gasteiger partial charge is 0.451 e. The van der Waals surface area contributed by atoms with Crippen molar-refractivity contribution < 1.29 is 18.8 Å². The minimum Gasteiger partial charge on any atom is -0.451 e. The summed E-state index contributed by atoms with van der Waals surface area (Å²) >= 11 is 1.33. The highest BCUT2D eigenvalue weighted by Crippen LogP contribution is 2.36. The highest BCUT2D eigenvalue weighted by Gasteiger charge is 2.29. The molecule has 1 aliphatic heterocycles. The van der Waals surface area contributed by atoms with Crippen molar-refractivity contribution in [2.24, 2.45) is 0 Å². The summed E-state index contributed by atoms with van der Waals surface area (Å²) in [7, 11) is 0. The molecule has 2 aromatic carbocycles. The van der Waals surface area contributed by atoms with E-state index in [1.807, 2.05) is 42.5 Å². The molecule has 0 fully saturated rings. The zero-order chi connectivity index (χ0) is 19.7. The zero-order valence-corrected chi connectivity index (χ0v) is 15.8. The molecular weight excluding hydrogens is 378 g/mol. The third kappa shape index (κ3) is 3.46. The lowest BCUT2D eigenvalue weighted by Gasteiger charge is -2.23. The number of fused-ring (bicyclic) bond motifs is 2. The van der Waals surface area contributed by atoms with E-state index < -0.39 is 17.1 Å². The predicted molar refractivity (Wildman–Crippen MR) is 106 cm³/mol. The summed E-state index contributed by atoms with van der Waals surface area (Å²) in [6.45, 7) is 1.78. The van der Waals surface area contributed by atoms with Crippen molar-refractivity contribution in [3.63, 3.8) is 0 Å². The van der Waals surface area contributed by atoms with Gasteiger partial charge >= 0.3 is 5.91 Å². The monoisotopic (exact) mass is 395 g/mol. The molecule has 3 aromatic rings. The Balaban J connectivity index is 1.37. The van der Waals surface area contributed by atoms with Crippen LogP contribution in [0.25, 0.3) is 11.0 Å². The number of furan rings is 1. The van der Waals surface area contributed by atoms with Gasteiger partial charge in [-0.05, 0) is 25.1 Å². The maximum Gasteiger partial charge on any atom is 0.305 e. The molecule has 0 aliphatic carbocycles. The van der Waals surface area contributed by atoms with Crippen LogP contribution < -0.4 is 16.2 Å². The molecule has 3 amide bonds. The number of nitrogens with one attached hydrogen (secondary N) is 3. The topological polar surface area (TPSA) is 100 Å². The van der Waals surface area contributed by atoms with E-state index in [4.69, 9.17) is 4.42 Å². The molecule has 4 rings (SSSR count). The Hall–Kier alpha value is -3.26. The second-order valence-corrected chi connectivity index (χ2v) is 7.60. The Morgan fingerprint density at radius 3 is 2.68 bits per heavy atom. The minimum absolute atomic E-state index is 0.0653. The van der Waals surface area contributed by atoms with Crippen LogP contribution in [0.4, 0.5) is 5.69 Å². The summed E-state index contributed by atoms with van der Waals surface area (Å²) in [5.74, 6) is -1.11. The van der Waals surface area contributed by atoms with Crippen LogP contribution in [-0.2, 0) is 9.59 Å². The predicted octanol–water partition coefficient (Wildman–Crippen LogP) is 3.01. The van der Waals surface area contributed by atoms with Crippen LogP contribution in [0.3, 0.4) is 0 Å². The van der Waals surface area contributed by atoms with Gasteiger partial charge in [0.25, 0.3) is 0 Å². The van der Waals surface area contributed by atoms with Crippen molar-refractivity contribution in [2.45, 2.75) is 23.5 Å². The highest BCUT2D eigenvalue weighted by molar-refractivity contribution is 8.01. The van der Waals surface area contributed by atoms with Crippen molar-refractivity contribution in [2.75, 3.05) is 5.32 Å². The summed E-state index contributed by atoms with van der Waals surface area (Å²) in [4.78, 5) is 37.7. The third-order valence-electron chi connectivity index (χ3n) is 4.44. The molecular formula is C20H17N3O4S. The number of hydrogen-bond acceptors (Lipinski definition) is 5. The Morgan fingerprint density at radius 1 is 1.11 bits per heavy atom. The van der Waals surface area contributed by atoms with Gasteiger partial charge in [-0.15, -0.1) is 11.8 Å². The first-order valence-corrected chi connectivity index (χ1v) is 9.55. The molecule has 0 radical (unpaired) electrons. The maximum absolute atomic E-state index is 12.4. The number of anilines is 1. The van der Waals surface area contributed by atoms with Gasteiger partial charge < -0.3 is 9.73 Å². The smallest absolute Gasteiger partial charge is 0.305 e. The average molecular weight is 395 g/mol. The van der Waals surface area contributed by atoms with Gasteiger partial charge in [-0.1, -0.05) is 30.3 Å². The van der Waals surface area contributed by atoms with E-state index in [0.717, 1.165) is 16.0 Å². The number of hydrogen-bond donors (Lipinski definition) is 3. The molecule has 0 saturated carbocycles. The number of hydrazine groups is 1. The van der Waals surface area contributed by atoms with Gasteiger partial charge in [-0.25, -0.2) is 0 Å². The summed E-state index contributed by atoms with van der Waals surface area (Å²) in [5, 5.41) is 3.06. The van der Waals surface area contributed by atoms with Gasteiger partial charge in [0.05, 0.1) is 10.9 Å². The van der Waals surface area contributed by atoms with Crippen molar-refractivity contribution >= 4 is 46.1 Å². The van der Waals surface area contributed by atoms with Gasteiger partial charge in [0.15, 0.2) is 5.76 Å². The highest BCUT2D eigenvalue weighted by atomic mass is 32.2. The number of benzene rings is 2. The van der Waals surface area contributed by atoms with E-state index in [-0.39, 0.29) is 18.1 Å². The molecule has 28 heavy (non-hydrogen) atoms. The summed E-state index contributed by atoms with van der Waals surface area (Å²) in [6, 6.07) is 14.7. The number of para-hydroxylation sites is 2. The second kappa shape index (κ2) is 7.40. The summed E-state index contributed by atoms with van der Waals surface area (Å²) < 4.78 is 5.57. The fraction of sp³-hybridized carbons (Fsp3) is 0.150. The Labute approximate surface area is 164 Å². The lowest BCUT2D eigenvalue weighted by molar-refractivity contribution is -0.124. The number of thioether (sulfide) groups is 1. The maximum atomic E-state index is 12.4. The molecule has 0 bridgehead atoms. The SMILES string of the molecule is Cc1c(C(=O)NNC(=O)C[C@H]2Sc3ccccc3NC2=O)oc2ccccc12. The van der Waals surface area contributed by atoms with Gasteiger partial charge in [-0.2, -0.15) is 0 Å². The van der Waals surface area contributed by atoms with E-state index >= 15 is 0 Å². The second-order valence-electron chi connectivity index (χ2n) is 6.35. The van der Waals surface area contributed by atoms with Crippen LogP contribution in [0.15, 0.2) is 57.8 Å². The van der Waals surface area contributed by atoms with Crippen LogP contribution >= 0.6 is 11.8 Å². The summed E-state index contributed by atoms with van der Waals surface area (Å²) in [5.41, 5.74) is 6.74.